The average molecular weight is 797 g/mol. The molecule has 4 rings (SSSR count). The van der Waals surface area contributed by atoms with Crippen LogP contribution in [0.25, 0.3) is 10.9 Å². The van der Waals surface area contributed by atoms with Gasteiger partial charge in [0, 0.05) is 55.9 Å². The van der Waals surface area contributed by atoms with Crippen LogP contribution in [0.1, 0.15) is 54.6 Å². The minimum atomic E-state index is -1.16. The molecule has 12 N–H and O–H groups in total. The van der Waals surface area contributed by atoms with Gasteiger partial charge in [-0.3, -0.25) is 39.4 Å². The lowest BCUT2D eigenvalue weighted by Gasteiger charge is -2.26. The molecule has 4 atom stereocenters. The molecule has 0 fully saturated rings. The molecule has 0 aliphatic rings. The first-order valence-corrected chi connectivity index (χ1v) is 18.9. The first kappa shape index (κ1) is 43.7. The molecular formula is C40H52N12O6. The van der Waals surface area contributed by atoms with E-state index in [4.69, 9.17) is 11.5 Å². The average Bonchev–Trinajstić information content (AvgIpc) is 3.62. The zero-order chi connectivity index (χ0) is 42.0. The van der Waals surface area contributed by atoms with E-state index in [-0.39, 0.29) is 43.1 Å². The maximum atomic E-state index is 13.8. The van der Waals surface area contributed by atoms with E-state index in [1.54, 1.807) is 42.6 Å². The van der Waals surface area contributed by atoms with Gasteiger partial charge in [0.25, 0.3) is 11.8 Å². The molecule has 2 aromatic carbocycles. The molecular weight excluding hydrogens is 745 g/mol. The highest BCUT2D eigenvalue weighted by Gasteiger charge is 2.30. The maximum absolute atomic E-state index is 13.8. The first-order valence-electron chi connectivity index (χ1n) is 18.9. The summed E-state index contributed by atoms with van der Waals surface area (Å²) in [4.78, 5) is 90.6. The number of pyridine rings is 1. The minimum absolute atomic E-state index is 0.0909. The lowest BCUT2D eigenvalue weighted by Crippen LogP contribution is -2.59. The second-order valence-corrected chi connectivity index (χ2v) is 14.0. The summed E-state index contributed by atoms with van der Waals surface area (Å²) in [5.41, 5.74) is 18.7. The standard InChI is InChI=1S/C40H52N12O6/c1-24(2)19-32(50-40(58)52-51-38(57)33(20-25-11-5-4-6-12-25)49-35(54)26-13-9-17-44-22-26)37(56)47-30(16-10-18-45-39(42)43-3)36(55)48-31(34(41)53)21-27-23-46-29-15-8-7-14-28(27)29/h4-9,11-15,17,22-24,30-33,46H,10,16,18-21H2,1-3H3,(H2,41,53)(H,47,56)(H,48,55)(H,49,54)(H,51,57)(H3,42,43,45)(H2,50,52,58)/t30-,31-,32-,33-/m0/s1. The number of urea groups is 1. The SMILES string of the molecule is CN=C(N)NCCC[C@H](NC(=O)[C@H](CC(C)C)NC(=O)NNC(=O)[C@H](Cc1ccccc1)NC(=O)c1cccnc1)C(=O)N[C@@H](Cc1c[nH]c2ccccc12)C(N)=O. The molecule has 2 heterocycles. The first-order chi connectivity index (χ1) is 27.8. The predicted octanol–water partition coefficient (Wildman–Crippen LogP) is 0.661. The van der Waals surface area contributed by atoms with Crippen LogP contribution in [-0.2, 0) is 32.0 Å². The second-order valence-electron chi connectivity index (χ2n) is 14.0. The largest absolute Gasteiger partial charge is 0.370 e. The molecule has 18 nitrogen and oxygen atoms in total. The molecule has 0 aliphatic heterocycles. The van der Waals surface area contributed by atoms with Crippen LogP contribution in [0.4, 0.5) is 4.79 Å². The minimum Gasteiger partial charge on any atom is -0.370 e. The lowest BCUT2D eigenvalue weighted by atomic mass is 10.0. The van der Waals surface area contributed by atoms with Crippen LogP contribution in [0.2, 0.25) is 0 Å². The van der Waals surface area contributed by atoms with E-state index in [0.29, 0.717) is 13.0 Å². The van der Waals surface area contributed by atoms with Crippen LogP contribution < -0.4 is 48.9 Å². The number of benzene rings is 2. The van der Waals surface area contributed by atoms with E-state index < -0.39 is 59.7 Å². The van der Waals surface area contributed by atoms with Gasteiger partial charge in [-0.05, 0) is 54.5 Å². The molecule has 0 aliphatic carbocycles. The van der Waals surface area contributed by atoms with Crippen molar-refractivity contribution < 1.29 is 28.8 Å². The molecule has 4 aromatic rings. The number of guanidine groups is 1. The Kier molecular flexibility index (Phi) is 16.5. The Morgan fingerprint density at radius 3 is 2.16 bits per heavy atom. The molecule has 7 amide bonds. The van der Waals surface area contributed by atoms with Crippen molar-refractivity contribution in [3.05, 3.63) is 102 Å². The molecule has 0 spiro atoms. The number of nitrogens with one attached hydrogen (secondary N) is 8. The Morgan fingerprint density at radius 2 is 1.47 bits per heavy atom. The number of nitrogens with two attached hydrogens (primary N) is 2. The number of carbonyl (C=O) groups is 6. The summed E-state index contributed by atoms with van der Waals surface area (Å²) in [5, 5.41) is 14.5. The van der Waals surface area contributed by atoms with E-state index in [9.17, 15) is 28.8 Å². The van der Waals surface area contributed by atoms with Crippen molar-refractivity contribution in [2.24, 2.45) is 22.4 Å². The van der Waals surface area contributed by atoms with Crippen LogP contribution in [0.5, 0.6) is 0 Å². The number of primary amides is 1. The molecule has 0 saturated carbocycles. The monoisotopic (exact) mass is 796 g/mol. The molecule has 308 valence electrons. The van der Waals surface area contributed by atoms with Gasteiger partial charge in [0.05, 0.1) is 5.56 Å². The van der Waals surface area contributed by atoms with Gasteiger partial charge in [-0.1, -0.05) is 62.4 Å². The fourth-order valence-corrected chi connectivity index (χ4v) is 6.06. The summed E-state index contributed by atoms with van der Waals surface area (Å²) in [6.07, 6.45) is 5.46. The Bertz CT molecular complexity index is 2040. The summed E-state index contributed by atoms with van der Waals surface area (Å²) in [6, 6.07) is 14.2. The fourth-order valence-electron chi connectivity index (χ4n) is 6.06. The van der Waals surface area contributed by atoms with Crippen LogP contribution >= 0.6 is 0 Å². The van der Waals surface area contributed by atoms with Gasteiger partial charge >= 0.3 is 6.03 Å². The van der Waals surface area contributed by atoms with E-state index in [0.717, 1.165) is 22.0 Å². The van der Waals surface area contributed by atoms with Crippen LogP contribution in [0, 0.1) is 5.92 Å². The molecule has 2 aromatic heterocycles. The third kappa shape index (κ3) is 13.6. The Labute approximate surface area is 336 Å². The van der Waals surface area contributed by atoms with Crippen LogP contribution in [-0.4, -0.2) is 89.3 Å². The summed E-state index contributed by atoms with van der Waals surface area (Å²) in [5.74, 6) is -3.28. The molecule has 0 radical (unpaired) electrons. The number of fused-ring (bicyclic) bond motifs is 1. The van der Waals surface area contributed by atoms with Crippen molar-refractivity contribution in [2.45, 2.75) is 70.1 Å². The van der Waals surface area contributed by atoms with Gasteiger partial charge in [0.1, 0.15) is 24.2 Å². The number of aromatic nitrogens is 2. The number of amides is 7. The van der Waals surface area contributed by atoms with Crippen molar-refractivity contribution in [1.29, 1.82) is 0 Å². The third-order valence-corrected chi connectivity index (χ3v) is 9.06. The highest BCUT2D eigenvalue weighted by molar-refractivity contribution is 5.98. The van der Waals surface area contributed by atoms with Gasteiger partial charge in [-0.2, -0.15) is 0 Å². The number of aromatic amines is 1. The number of H-pyrrole nitrogens is 1. The smallest absolute Gasteiger partial charge is 0.334 e. The quantitative estimate of drug-likeness (QED) is 0.0276. The number of hydrogen-bond acceptors (Lipinski definition) is 8. The van der Waals surface area contributed by atoms with Crippen molar-refractivity contribution in [3.8, 4) is 0 Å². The van der Waals surface area contributed by atoms with Gasteiger partial charge < -0.3 is 43.0 Å². The van der Waals surface area contributed by atoms with Gasteiger partial charge in [-0.15, -0.1) is 0 Å². The Morgan fingerprint density at radius 1 is 0.759 bits per heavy atom. The van der Waals surface area contributed by atoms with Crippen LogP contribution in [0.3, 0.4) is 0 Å². The summed E-state index contributed by atoms with van der Waals surface area (Å²) in [6.45, 7) is 4.01. The van der Waals surface area contributed by atoms with Crippen LogP contribution in [0.15, 0.2) is 90.3 Å². The zero-order valence-electron chi connectivity index (χ0n) is 32.7. The third-order valence-electron chi connectivity index (χ3n) is 9.06. The Hall–Kier alpha value is -6.98. The molecule has 0 unspecified atom stereocenters. The van der Waals surface area contributed by atoms with E-state index in [2.05, 4.69) is 52.4 Å². The summed E-state index contributed by atoms with van der Waals surface area (Å²) < 4.78 is 0. The van der Waals surface area contributed by atoms with Gasteiger partial charge in [-0.25, -0.2) is 10.2 Å². The number of hydrogen-bond donors (Lipinski definition) is 10. The van der Waals surface area contributed by atoms with E-state index in [1.807, 2.05) is 44.2 Å². The molecule has 0 bridgehead atoms. The predicted molar refractivity (Wildman–Crippen MR) is 219 cm³/mol. The van der Waals surface area contributed by atoms with Crippen molar-refractivity contribution in [1.82, 2.24) is 47.4 Å². The number of rotatable bonds is 19. The number of carbonyl (C=O) groups excluding carboxylic acids is 6. The zero-order valence-corrected chi connectivity index (χ0v) is 32.7. The number of aliphatic imine (C=N–C) groups is 1. The topological polar surface area (TPSA) is 280 Å². The van der Waals surface area contributed by atoms with E-state index in [1.165, 1.54) is 19.4 Å². The number of nitrogens with zero attached hydrogens (tertiary/aromatic N) is 2. The highest BCUT2D eigenvalue weighted by Crippen LogP contribution is 2.19. The van der Waals surface area contributed by atoms with E-state index >= 15 is 0 Å². The number of para-hydroxylation sites is 1. The summed E-state index contributed by atoms with van der Waals surface area (Å²) >= 11 is 0. The van der Waals surface area contributed by atoms with Gasteiger partial charge in [0.15, 0.2) is 5.96 Å². The lowest BCUT2D eigenvalue weighted by molar-refractivity contribution is -0.132. The summed E-state index contributed by atoms with van der Waals surface area (Å²) in [7, 11) is 1.52. The van der Waals surface area contributed by atoms with Crippen molar-refractivity contribution >= 4 is 52.4 Å². The Balaban J connectivity index is 1.44. The van der Waals surface area contributed by atoms with Crippen molar-refractivity contribution in [3.63, 3.8) is 0 Å². The molecule has 58 heavy (non-hydrogen) atoms. The molecule has 18 heteroatoms. The maximum Gasteiger partial charge on any atom is 0.334 e. The van der Waals surface area contributed by atoms with Crippen molar-refractivity contribution in [2.75, 3.05) is 13.6 Å². The number of hydrazine groups is 1. The van der Waals surface area contributed by atoms with Gasteiger partial charge in [0.2, 0.25) is 17.7 Å². The second kappa shape index (κ2) is 21.9. The molecule has 0 saturated heterocycles. The normalized spacial score (nSPS) is 13.3. The fraction of sp³-hybridized carbons (Fsp3) is 0.350. The highest BCUT2D eigenvalue weighted by atomic mass is 16.2.